The molecule has 1 atom stereocenters. The van der Waals surface area contributed by atoms with E-state index in [9.17, 15) is 40.3 Å². The molecule has 1 saturated heterocycles. The van der Waals surface area contributed by atoms with Crippen LogP contribution in [0.4, 0.5) is 30.7 Å². The number of carbonyl (C=O) groups is 2. The van der Waals surface area contributed by atoms with Crippen LogP contribution in [-0.2, 0) is 18.8 Å². The van der Waals surface area contributed by atoms with Gasteiger partial charge in [0.2, 0.25) is 0 Å². The van der Waals surface area contributed by atoms with Gasteiger partial charge in [-0.1, -0.05) is 30.3 Å². The highest BCUT2D eigenvalue weighted by molar-refractivity contribution is 6.00. The van der Waals surface area contributed by atoms with Gasteiger partial charge in [0.05, 0.1) is 30.3 Å². The van der Waals surface area contributed by atoms with Crippen LogP contribution >= 0.6 is 12.4 Å². The summed E-state index contributed by atoms with van der Waals surface area (Å²) in [5.74, 6) is -1.90. The van der Waals surface area contributed by atoms with E-state index in [0.717, 1.165) is 17.7 Å². The number of alkyl halides is 6. The second kappa shape index (κ2) is 13.1. The van der Waals surface area contributed by atoms with Crippen molar-refractivity contribution in [3.63, 3.8) is 0 Å². The lowest BCUT2D eigenvalue weighted by atomic mass is 9.98. The molecule has 1 aliphatic heterocycles. The molecule has 0 spiro atoms. The molecule has 0 radical (unpaired) electrons. The molecule has 226 valence electrons. The number of piperazine rings is 1. The summed E-state index contributed by atoms with van der Waals surface area (Å²) in [7, 11) is 1.30. The standard InChI is InChI=1S/C29H25F7N2O3.ClH/c1-41-26-15-22(30)7-8-24(26)25(39)17-37-9-10-38(23(16-37)11-18-5-3-2-4-6-18)27(40)19-12-20(28(31,32)33)14-21(13-19)29(34,35)36;/h2-8,12-15,23H,9-11,16-17H2,1H3;1H/t23-;/m1./s1. The molecule has 1 amide bonds. The molecule has 3 aromatic rings. The number of ketones is 1. The van der Waals surface area contributed by atoms with E-state index in [1.54, 1.807) is 35.2 Å². The summed E-state index contributed by atoms with van der Waals surface area (Å²) in [6, 6.07) is 12.5. The van der Waals surface area contributed by atoms with Crippen molar-refractivity contribution in [1.82, 2.24) is 9.80 Å². The van der Waals surface area contributed by atoms with Gasteiger partial charge in [0.1, 0.15) is 11.6 Å². The molecular weight excluding hydrogens is 593 g/mol. The largest absolute Gasteiger partial charge is 0.496 e. The summed E-state index contributed by atoms with van der Waals surface area (Å²) in [4.78, 5) is 29.5. The SMILES string of the molecule is COc1cc(F)ccc1C(=O)CN1CCN(C(=O)c2cc(C(F)(F)F)cc(C(F)(F)F)c2)[C@H](Cc2ccccc2)C1.Cl. The van der Waals surface area contributed by atoms with Crippen LogP contribution in [0.1, 0.15) is 37.4 Å². The number of carbonyl (C=O) groups excluding carboxylic acids is 2. The minimum Gasteiger partial charge on any atom is -0.496 e. The fourth-order valence-corrected chi connectivity index (χ4v) is 4.82. The predicted octanol–water partition coefficient (Wildman–Crippen LogP) is 6.55. The number of ether oxygens (including phenoxy) is 1. The first-order valence-corrected chi connectivity index (χ1v) is 12.5. The molecule has 1 fully saturated rings. The van der Waals surface area contributed by atoms with Crippen LogP contribution in [0, 0.1) is 5.82 Å². The average Bonchev–Trinajstić information content (AvgIpc) is 2.92. The van der Waals surface area contributed by atoms with E-state index < -0.39 is 46.8 Å². The number of hydrogen-bond donors (Lipinski definition) is 0. The molecule has 1 aliphatic rings. The predicted molar refractivity (Wildman–Crippen MR) is 142 cm³/mol. The van der Waals surface area contributed by atoms with Crippen LogP contribution in [0.5, 0.6) is 5.75 Å². The molecule has 0 N–H and O–H groups in total. The van der Waals surface area contributed by atoms with E-state index in [1.807, 2.05) is 0 Å². The Labute approximate surface area is 243 Å². The zero-order chi connectivity index (χ0) is 29.9. The van der Waals surface area contributed by atoms with E-state index in [1.165, 1.54) is 18.1 Å². The summed E-state index contributed by atoms with van der Waals surface area (Å²) >= 11 is 0. The monoisotopic (exact) mass is 618 g/mol. The van der Waals surface area contributed by atoms with Crippen LogP contribution in [0.15, 0.2) is 66.7 Å². The fraction of sp³-hybridized carbons (Fsp3) is 0.310. The van der Waals surface area contributed by atoms with Crippen molar-refractivity contribution in [3.8, 4) is 5.75 Å². The fourth-order valence-electron chi connectivity index (χ4n) is 4.82. The van der Waals surface area contributed by atoms with Crippen molar-refractivity contribution < 1.29 is 45.1 Å². The second-order valence-electron chi connectivity index (χ2n) is 9.64. The normalized spacial score (nSPS) is 16.1. The van der Waals surface area contributed by atoms with Gasteiger partial charge in [0, 0.05) is 37.3 Å². The maximum atomic E-state index is 13.6. The quantitative estimate of drug-likeness (QED) is 0.223. The van der Waals surface area contributed by atoms with E-state index in [0.29, 0.717) is 12.1 Å². The Kier molecular flexibility index (Phi) is 10.3. The molecule has 42 heavy (non-hydrogen) atoms. The van der Waals surface area contributed by atoms with Crippen molar-refractivity contribution in [1.29, 1.82) is 0 Å². The number of Topliss-reactive ketones (excluding diaryl/α,β-unsaturated/α-hetero) is 1. The molecule has 1 heterocycles. The number of halogens is 8. The highest BCUT2D eigenvalue weighted by atomic mass is 35.5. The summed E-state index contributed by atoms with van der Waals surface area (Å²) in [5.41, 5.74) is -2.95. The van der Waals surface area contributed by atoms with Crippen LogP contribution in [0.2, 0.25) is 0 Å². The maximum absolute atomic E-state index is 13.6. The number of benzene rings is 3. The van der Waals surface area contributed by atoms with E-state index >= 15 is 0 Å². The molecule has 0 aromatic heterocycles. The first kappa shape index (κ1) is 32.9. The number of hydrogen-bond acceptors (Lipinski definition) is 4. The number of amides is 1. The Morgan fingerprint density at radius 2 is 1.50 bits per heavy atom. The van der Waals surface area contributed by atoms with Crippen molar-refractivity contribution in [2.24, 2.45) is 0 Å². The van der Waals surface area contributed by atoms with E-state index in [-0.39, 0.29) is 68.2 Å². The van der Waals surface area contributed by atoms with Crippen LogP contribution < -0.4 is 4.74 Å². The third-order valence-corrected chi connectivity index (χ3v) is 6.81. The van der Waals surface area contributed by atoms with Gasteiger partial charge >= 0.3 is 12.4 Å². The van der Waals surface area contributed by atoms with Gasteiger partial charge < -0.3 is 9.64 Å². The Morgan fingerprint density at radius 1 is 0.881 bits per heavy atom. The highest BCUT2D eigenvalue weighted by Gasteiger charge is 2.39. The van der Waals surface area contributed by atoms with Crippen molar-refractivity contribution in [2.45, 2.75) is 24.8 Å². The lowest BCUT2D eigenvalue weighted by Crippen LogP contribution is -2.56. The molecule has 0 unspecified atom stereocenters. The maximum Gasteiger partial charge on any atom is 0.416 e. The zero-order valence-electron chi connectivity index (χ0n) is 22.1. The van der Waals surface area contributed by atoms with Gasteiger partial charge in [0.15, 0.2) is 5.78 Å². The summed E-state index contributed by atoms with van der Waals surface area (Å²) in [5, 5.41) is 0. The first-order chi connectivity index (χ1) is 19.3. The topological polar surface area (TPSA) is 49.9 Å². The van der Waals surface area contributed by atoms with Gasteiger partial charge in [-0.3, -0.25) is 14.5 Å². The Bertz CT molecular complexity index is 1380. The zero-order valence-corrected chi connectivity index (χ0v) is 23.0. The van der Waals surface area contributed by atoms with Crippen LogP contribution in [-0.4, -0.2) is 60.8 Å². The molecule has 0 aliphatic carbocycles. The highest BCUT2D eigenvalue weighted by Crippen LogP contribution is 2.37. The Hall–Kier alpha value is -3.64. The summed E-state index contributed by atoms with van der Waals surface area (Å²) in [6.45, 7) is 0.0528. The average molecular weight is 619 g/mol. The molecule has 5 nitrogen and oxygen atoms in total. The lowest BCUT2D eigenvalue weighted by Gasteiger charge is -2.41. The summed E-state index contributed by atoms with van der Waals surface area (Å²) < 4.78 is 99.3. The Morgan fingerprint density at radius 3 is 2.07 bits per heavy atom. The molecular formula is C29H26ClF7N2O3. The molecule has 0 saturated carbocycles. The lowest BCUT2D eigenvalue weighted by molar-refractivity contribution is -0.143. The minimum absolute atomic E-state index is 0. The number of methoxy groups -OCH3 is 1. The van der Waals surface area contributed by atoms with Crippen LogP contribution in [0.3, 0.4) is 0 Å². The van der Waals surface area contributed by atoms with E-state index in [2.05, 4.69) is 0 Å². The van der Waals surface area contributed by atoms with Crippen molar-refractivity contribution in [3.05, 3.63) is 100 Å². The second-order valence-corrected chi connectivity index (χ2v) is 9.64. The van der Waals surface area contributed by atoms with Gasteiger partial charge in [-0.15, -0.1) is 12.4 Å². The molecule has 0 bridgehead atoms. The third-order valence-electron chi connectivity index (χ3n) is 6.81. The van der Waals surface area contributed by atoms with Gasteiger partial charge in [-0.2, -0.15) is 26.3 Å². The Balaban J connectivity index is 0.00000484. The summed E-state index contributed by atoms with van der Waals surface area (Å²) in [6.07, 6.45) is -9.96. The van der Waals surface area contributed by atoms with Crippen LogP contribution in [0.25, 0.3) is 0 Å². The number of rotatable bonds is 7. The molecule has 3 aromatic carbocycles. The molecule has 4 rings (SSSR count). The molecule has 13 heteroatoms. The van der Waals surface area contributed by atoms with Crippen molar-refractivity contribution >= 4 is 24.1 Å². The van der Waals surface area contributed by atoms with E-state index in [4.69, 9.17) is 4.74 Å². The van der Waals surface area contributed by atoms with Gasteiger partial charge in [0.25, 0.3) is 5.91 Å². The smallest absolute Gasteiger partial charge is 0.416 e. The van der Waals surface area contributed by atoms with Crippen molar-refractivity contribution in [2.75, 3.05) is 33.3 Å². The third kappa shape index (κ3) is 7.80. The van der Waals surface area contributed by atoms with Gasteiger partial charge in [-0.05, 0) is 42.3 Å². The first-order valence-electron chi connectivity index (χ1n) is 12.5. The van der Waals surface area contributed by atoms with Gasteiger partial charge in [-0.25, -0.2) is 4.39 Å². The number of nitrogens with zero attached hydrogens (tertiary/aromatic N) is 2. The minimum atomic E-state index is -5.10.